The number of carbonyl (C=O) groups excluding carboxylic acids is 1. The molecule has 74 valence electrons. The second-order valence-corrected chi connectivity index (χ2v) is 9.58. The summed E-state index contributed by atoms with van der Waals surface area (Å²) in [6.45, 7) is 1.50. The van der Waals surface area contributed by atoms with Gasteiger partial charge >= 0.3 is 103 Å². The number of fused-ring (bicyclic) bond motifs is 1. The first-order chi connectivity index (χ1) is 7.27. The van der Waals surface area contributed by atoms with Crippen molar-refractivity contribution in [1.29, 1.82) is 0 Å². The Morgan fingerprint density at radius 2 is 2.27 bits per heavy atom. The van der Waals surface area contributed by atoms with Crippen LogP contribution in [0.5, 0.6) is 0 Å². The fourth-order valence-corrected chi connectivity index (χ4v) is 6.93. The van der Waals surface area contributed by atoms with Gasteiger partial charge in [0, 0.05) is 0 Å². The van der Waals surface area contributed by atoms with Gasteiger partial charge in [0.15, 0.2) is 0 Å². The van der Waals surface area contributed by atoms with E-state index in [1.807, 2.05) is 0 Å². The Hall–Kier alpha value is -0.635. The Bertz CT molecular complexity index is 398. The fraction of sp³-hybridized carbons (Fsp3) is 0.250. The zero-order valence-electron chi connectivity index (χ0n) is 8.77. The van der Waals surface area contributed by atoms with Crippen LogP contribution >= 0.6 is 0 Å². The standard InChI is InChI=1S/C10H9.C2H4O2.Hg/c1-2-6-10-8-4-3-7-9(10)5-1;1-2(3)4;/h1-7H,8H2;1H3,(H,3,4);/q;;+1/p-1. The zero-order valence-corrected chi connectivity index (χ0v) is 14.3. The summed E-state index contributed by atoms with van der Waals surface area (Å²) in [5.74, 6) is -0.117. The van der Waals surface area contributed by atoms with E-state index in [9.17, 15) is 4.79 Å². The van der Waals surface area contributed by atoms with Crippen LogP contribution in [-0.4, -0.2) is 5.97 Å². The van der Waals surface area contributed by atoms with E-state index in [4.69, 9.17) is 2.64 Å². The van der Waals surface area contributed by atoms with Crippen molar-refractivity contribution in [2.75, 3.05) is 0 Å². The quantitative estimate of drug-likeness (QED) is 0.574. The minimum absolute atomic E-state index is 0.117. The first-order valence-corrected chi connectivity index (χ1v) is 10.6. The topological polar surface area (TPSA) is 26.3 Å². The molecule has 0 fully saturated rings. The molecule has 0 saturated heterocycles. The number of hydrogen-bond donors (Lipinski definition) is 0. The third kappa shape index (κ3) is 2.68. The number of carbonyl (C=O) groups is 1. The number of benzene rings is 1. The molecule has 0 heterocycles. The molecule has 0 bridgehead atoms. The van der Waals surface area contributed by atoms with E-state index in [1.54, 1.807) is 0 Å². The summed E-state index contributed by atoms with van der Waals surface area (Å²) in [5, 5.41) is 0. The van der Waals surface area contributed by atoms with E-state index in [2.05, 4.69) is 36.4 Å². The maximum atomic E-state index is 10.8. The van der Waals surface area contributed by atoms with Crippen LogP contribution in [0.3, 0.4) is 0 Å². The monoisotopic (exact) mass is 390 g/mol. The molecule has 2 nitrogen and oxygen atoms in total. The van der Waals surface area contributed by atoms with Gasteiger partial charge in [0.25, 0.3) is 0 Å². The van der Waals surface area contributed by atoms with Gasteiger partial charge in [0.05, 0.1) is 0 Å². The molecule has 0 amide bonds. The molecule has 0 aliphatic heterocycles. The Morgan fingerprint density at radius 3 is 3.07 bits per heavy atom. The predicted octanol–water partition coefficient (Wildman–Crippen LogP) is 2.40. The Morgan fingerprint density at radius 1 is 1.47 bits per heavy atom. The molecule has 3 heteroatoms. The van der Waals surface area contributed by atoms with E-state index in [1.165, 1.54) is 18.1 Å². The summed E-state index contributed by atoms with van der Waals surface area (Å²) in [6.07, 6.45) is 5.42. The van der Waals surface area contributed by atoms with E-state index >= 15 is 0 Å². The van der Waals surface area contributed by atoms with Crippen molar-refractivity contribution in [3.8, 4) is 0 Å². The third-order valence-corrected chi connectivity index (χ3v) is 9.02. The second-order valence-electron chi connectivity index (χ2n) is 3.74. The SMILES string of the molecule is CC(=O)[O][Hg][CH]1C=CCc2ccccc21. The van der Waals surface area contributed by atoms with Crippen LogP contribution in [0.1, 0.15) is 21.5 Å². The summed E-state index contributed by atoms with van der Waals surface area (Å²) >= 11 is -1.59. The van der Waals surface area contributed by atoms with Crippen molar-refractivity contribution in [1.82, 2.24) is 0 Å². The molecule has 0 radical (unpaired) electrons. The van der Waals surface area contributed by atoms with Gasteiger partial charge in [-0.2, -0.15) is 0 Å². The summed E-state index contributed by atoms with van der Waals surface area (Å²) in [5.41, 5.74) is 2.76. The van der Waals surface area contributed by atoms with Crippen LogP contribution in [0.25, 0.3) is 0 Å². The van der Waals surface area contributed by atoms with Crippen molar-refractivity contribution in [2.24, 2.45) is 0 Å². The summed E-state index contributed by atoms with van der Waals surface area (Å²) in [6, 6.07) is 8.45. The van der Waals surface area contributed by atoms with E-state index in [0.717, 1.165) is 6.42 Å². The van der Waals surface area contributed by atoms with Gasteiger partial charge in [-0.1, -0.05) is 0 Å². The Balaban J connectivity index is 2.15. The Labute approximate surface area is 102 Å². The third-order valence-electron chi connectivity index (χ3n) is 2.63. The van der Waals surface area contributed by atoms with Crippen LogP contribution in [-0.2, 0) is 38.9 Å². The summed E-state index contributed by atoms with van der Waals surface area (Å²) in [4.78, 5) is 10.8. The minimum atomic E-state index is -1.59. The number of allylic oxidation sites excluding steroid dienone is 2. The molecule has 1 atom stereocenters. The molecule has 15 heavy (non-hydrogen) atoms. The van der Waals surface area contributed by atoms with Gasteiger partial charge in [-0.25, -0.2) is 0 Å². The van der Waals surface area contributed by atoms with Crippen molar-refractivity contribution in [2.45, 2.75) is 16.8 Å². The first kappa shape index (κ1) is 10.9. The average molecular weight is 389 g/mol. The van der Waals surface area contributed by atoms with Crippen molar-refractivity contribution < 1.29 is 32.5 Å². The van der Waals surface area contributed by atoms with Gasteiger partial charge in [-0.3, -0.25) is 0 Å². The van der Waals surface area contributed by atoms with E-state index in [-0.39, 0.29) is 5.97 Å². The summed E-state index contributed by atoms with van der Waals surface area (Å²) in [7, 11) is 0. The van der Waals surface area contributed by atoms with Crippen LogP contribution in [0.2, 0.25) is 0 Å². The normalized spacial score (nSPS) is 17.8. The van der Waals surface area contributed by atoms with Gasteiger partial charge in [0.2, 0.25) is 0 Å². The molecule has 1 unspecified atom stereocenters. The van der Waals surface area contributed by atoms with Crippen LogP contribution in [0, 0.1) is 0 Å². The van der Waals surface area contributed by atoms with Crippen LogP contribution < -0.4 is 0 Å². The molecule has 1 aromatic carbocycles. The molecule has 1 aliphatic rings. The van der Waals surface area contributed by atoms with Crippen LogP contribution in [0.15, 0.2) is 36.4 Å². The summed E-state index contributed by atoms with van der Waals surface area (Å²) < 4.78 is 5.71. The van der Waals surface area contributed by atoms with E-state index < -0.39 is 25.0 Å². The zero-order chi connectivity index (χ0) is 10.7. The van der Waals surface area contributed by atoms with Gasteiger partial charge < -0.3 is 0 Å². The molecule has 1 aliphatic carbocycles. The molecule has 0 N–H and O–H groups in total. The molecular weight excluding hydrogens is 377 g/mol. The predicted molar refractivity (Wildman–Crippen MR) is 53.8 cm³/mol. The molecular formula is C12H12HgO2. The second kappa shape index (κ2) is 4.93. The maximum absolute atomic E-state index is 10.8. The molecule has 0 spiro atoms. The molecule has 2 rings (SSSR count). The van der Waals surface area contributed by atoms with Gasteiger partial charge in [0.1, 0.15) is 0 Å². The Kier molecular flexibility index (Phi) is 3.57. The van der Waals surface area contributed by atoms with Crippen LogP contribution in [0.4, 0.5) is 0 Å². The number of hydrogen-bond acceptors (Lipinski definition) is 2. The van der Waals surface area contributed by atoms with Crippen molar-refractivity contribution in [3.63, 3.8) is 0 Å². The van der Waals surface area contributed by atoms with E-state index in [0.29, 0.717) is 3.43 Å². The molecule has 0 saturated carbocycles. The molecule has 1 aromatic rings. The van der Waals surface area contributed by atoms with Gasteiger partial charge in [-0.15, -0.1) is 0 Å². The van der Waals surface area contributed by atoms with Gasteiger partial charge in [-0.05, 0) is 0 Å². The van der Waals surface area contributed by atoms with Crippen molar-refractivity contribution >= 4 is 5.97 Å². The average Bonchev–Trinajstić information content (AvgIpc) is 2.26. The van der Waals surface area contributed by atoms with Crippen molar-refractivity contribution in [3.05, 3.63) is 47.5 Å². The first-order valence-electron chi connectivity index (χ1n) is 5.15. The molecule has 0 aromatic heterocycles. The number of rotatable bonds is 2. The fourth-order valence-electron chi connectivity index (χ4n) is 1.90.